The Labute approximate surface area is 248 Å². The molecule has 3 amide bonds. The maximum atomic E-state index is 15.0. The van der Waals surface area contributed by atoms with Gasteiger partial charge in [-0.05, 0) is 43.2 Å². The van der Waals surface area contributed by atoms with Gasteiger partial charge in [0.25, 0.3) is 17.6 Å². The molecule has 0 spiro atoms. The van der Waals surface area contributed by atoms with Crippen LogP contribution < -0.4 is 5.32 Å². The zero-order valence-corrected chi connectivity index (χ0v) is 23.9. The van der Waals surface area contributed by atoms with Crippen LogP contribution in [0.25, 0.3) is 10.9 Å². The first kappa shape index (κ1) is 29.5. The first-order valence-corrected chi connectivity index (χ1v) is 14.2. The lowest BCUT2D eigenvalue weighted by molar-refractivity contribution is -0.130. The minimum atomic E-state index is -0.800. The first-order chi connectivity index (χ1) is 20.8. The molecule has 3 aromatic carbocycles. The van der Waals surface area contributed by atoms with Crippen molar-refractivity contribution < 1.29 is 28.3 Å². The summed E-state index contributed by atoms with van der Waals surface area (Å²) in [6, 6.07) is 22.3. The fraction of sp³-hybridized carbons (Fsp3) is 0.273. The molecule has 43 heavy (non-hydrogen) atoms. The minimum absolute atomic E-state index is 0.0108. The third-order valence-corrected chi connectivity index (χ3v) is 7.55. The lowest BCUT2D eigenvalue weighted by Gasteiger charge is -2.39. The van der Waals surface area contributed by atoms with E-state index in [4.69, 9.17) is 4.74 Å². The number of fused-ring (bicyclic) bond motifs is 1. The number of aryl methyl sites for hydroxylation is 1. The maximum Gasteiger partial charge on any atom is 0.407 e. The summed E-state index contributed by atoms with van der Waals surface area (Å²) in [7, 11) is 0. The van der Waals surface area contributed by atoms with Gasteiger partial charge in [-0.3, -0.25) is 14.4 Å². The highest BCUT2D eigenvalue weighted by atomic mass is 19.1. The first-order valence-electron chi connectivity index (χ1n) is 14.2. The quantitative estimate of drug-likeness (QED) is 0.175. The van der Waals surface area contributed by atoms with Crippen LogP contribution in [0.1, 0.15) is 39.6 Å². The van der Waals surface area contributed by atoms with Crippen LogP contribution in [0.15, 0.2) is 85.1 Å². The highest BCUT2D eigenvalue weighted by Crippen LogP contribution is 2.26. The molecule has 1 aromatic heterocycles. The van der Waals surface area contributed by atoms with Crippen molar-refractivity contribution in [3.8, 4) is 0 Å². The van der Waals surface area contributed by atoms with Gasteiger partial charge in [0, 0.05) is 55.9 Å². The van der Waals surface area contributed by atoms with Crippen LogP contribution in [0, 0.1) is 5.82 Å². The Morgan fingerprint density at radius 3 is 2.37 bits per heavy atom. The molecule has 0 radical (unpaired) electrons. The molecule has 10 heteroatoms. The monoisotopic (exact) mass is 584 g/mol. The molecule has 4 aromatic rings. The smallest absolute Gasteiger partial charge is 0.407 e. The van der Waals surface area contributed by atoms with Gasteiger partial charge in [0.1, 0.15) is 12.4 Å². The average Bonchev–Trinajstić information content (AvgIpc) is 3.41. The van der Waals surface area contributed by atoms with Crippen molar-refractivity contribution >= 4 is 34.6 Å². The largest absolute Gasteiger partial charge is 0.445 e. The molecular formula is C33H33FN4O5. The Morgan fingerprint density at radius 1 is 0.930 bits per heavy atom. The minimum Gasteiger partial charge on any atom is -0.445 e. The zero-order chi connectivity index (χ0) is 30.3. The van der Waals surface area contributed by atoms with Gasteiger partial charge in [-0.25, -0.2) is 9.18 Å². The van der Waals surface area contributed by atoms with E-state index in [2.05, 4.69) is 5.32 Å². The molecule has 1 aliphatic rings. The lowest BCUT2D eigenvalue weighted by atomic mass is 10.1. The summed E-state index contributed by atoms with van der Waals surface area (Å²) in [6.07, 6.45) is 1.44. The number of aromatic nitrogens is 1. The standard InChI is InChI=1S/C33H33FN4O5/c1-23-20-37(31(40)25-12-6-3-7-13-25)18-19-38(23)32(41)30(39)26-21-36(28-15-8-14-27(34)29(26)28)17-9-16-35-33(42)43-22-24-10-4-2-5-11-24/h2-8,10-15,21,23H,9,16-20,22H2,1H3,(H,35,42)/t23-/m1/s1. The number of hydrogen-bond donors (Lipinski definition) is 1. The van der Waals surface area contributed by atoms with Gasteiger partial charge in [0.2, 0.25) is 0 Å². The third kappa shape index (κ3) is 6.74. The molecule has 1 aliphatic heterocycles. The van der Waals surface area contributed by atoms with E-state index >= 15 is 4.39 Å². The number of amides is 3. The fourth-order valence-corrected chi connectivity index (χ4v) is 5.33. The molecular weight excluding hydrogens is 551 g/mol. The van der Waals surface area contributed by atoms with E-state index in [-0.39, 0.29) is 43.1 Å². The van der Waals surface area contributed by atoms with Crippen molar-refractivity contribution in [3.63, 3.8) is 0 Å². The number of Topliss-reactive ketones (excluding diaryl/α,β-unsaturated/α-hetero) is 1. The molecule has 222 valence electrons. The summed E-state index contributed by atoms with van der Waals surface area (Å²) in [4.78, 5) is 55.0. The van der Waals surface area contributed by atoms with Crippen LogP contribution in [-0.2, 0) is 22.7 Å². The maximum absolute atomic E-state index is 15.0. The number of benzene rings is 3. The number of carbonyl (C=O) groups is 4. The van der Waals surface area contributed by atoms with Gasteiger partial charge in [-0.2, -0.15) is 0 Å². The van der Waals surface area contributed by atoms with E-state index in [1.165, 1.54) is 17.2 Å². The Morgan fingerprint density at radius 2 is 1.65 bits per heavy atom. The second-order valence-electron chi connectivity index (χ2n) is 10.5. The van der Waals surface area contributed by atoms with Crippen molar-refractivity contribution in [2.24, 2.45) is 0 Å². The van der Waals surface area contributed by atoms with Crippen LogP contribution in [0.2, 0.25) is 0 Å². The zero-order valence-electron chi connectivity index (χ0n) is 23.9. The number of ether oxygens (including phenoxy) is 1. The summed E-state index contributed by atoms with van der Waals surface area (Å²) in [5, 5.41) is 2.78. The Kier molecular flexibility index (Phi) is 9.14. The third-order valence-electron chi connectivity index (χ3n) is 7.55. The normalized spacial score (nSPS) is 14.9. The van der Waals surface area contributed by atoms with Crippen LogP contribution >= 0.6 is 0 Å². The van der Waals surface area contributed by atoms with Gasteiger partial charge in [-0.15, -0.1) is 0 Å². The summed E-state index contributed by atoms with van der Waals surface area (Å²) in [6.45, 7) is 3.38. The number of rotatable bonds is 9. The molecule has 0 unspecified atom stereocenters. The van der Waals surface area contributed by atoms with E-state index in [9.17, 15) is 19.2 Å². The second kappa shape index (κ2) is 13.3. The van der Waals surface area contributed by atoms with Crippen molar-refractivity contribution in [1.29, 1.82) is 0 Å². The van der Waals surface area contributed by atoms with Crippen molar-refractivity contribution in [2.75, 3.05) is 26.2 Å². The highest BCUT2D eigenvalue weighted by molar-refractivity contribution is 6.45. The average molecular weight is 585 g/mol. The molecule has 1 atom stereocenters. The molecule has 5 rings (SSSR count). The predicted octanol–water partition coefficient (Wildman–Crippen LogP) is 4.65. The molecule has 1 N–H and O–H groups in total. The van der Waals surface area contributed by atoms with Crippen molar-refractivity contribution in [3.05, 3.63) is 108 Å². The molecule has 1 saturated heterocycles. The second-order valence-corrected chi connectivity index (χ2v) is 10.5. The van der Waals surface area contributed by atoms with Gasteiger partial charge in [0.15, 0.2) is 0 Å². The predicted molar refractivity (Wildman–Crippen MR) is 159 cm³/mol. The van der Waals surface area contributed by atoms with Crippen molar-refractivity contribution in [2.45, 2.75) is 32.5 Å². The van der Waals surface area contributed by atoms with Crippen LogP contribution in [0.4, 0.5) is 9.18 Å². The Balaban J connectivity index is 1.21. The number of alkyl carbamates (subject to hydrolysis) is 1. The molecule has 0 aliphatic carbocycles. The van der Waals surface area contributed by atoms with E-state index < -0.39 is 29.6 Å². The SMILES string of the molecule is C[C@@H]1CN(C(=O)c2ccccc2)CCN1C(=O)C(=O)c1cn(CCCNC(=O)OCc2ccccc2)c2cccc(F)c12. The van der Waals surface area contributed by atoms with Crippen LogP contribution in [-0.4, -0.2) is 70.3 Å². The summed E-state index contributed by atoms with van der Waals surface area (Å²) < 4.78 is 22.0. The summed E-state index contributed by atoms with van der Waals surface area (Å²) in [5.41, 5.74) is 1.91. The molecule has 0 bridgehead atoms. The van der Waals surface area contributed by atoms with E-state index in [1.807, 2.05) is 36.4 Å². The highest BCUT2D eigenvalue weighted by Gasteiger charge is 2.35. The number of carbonyl (C=O) groups excluding carboxylic acids is 4. The summed E-state index contributed by atoms with van der Waals surface area (Å²) in [5.74, 6) is -2.26. The number of ketones is 1. The Bertz CT molecular complexity index is 1620. The summed E-state index contributed by atoms with van der Waals surface area (Å²) >= 11 is 0. The fourth-order valence-electron chi connectivity index (χ4n) is 5.33. The number of nitrogens with zero attached hydrogens (tertiary/aromatic N) is 3. The number of piperazine rings is 1. The van der Waals surface area contributed by atoms with Gasteiger partial charge < -0.3 is 24.4 Å². The van der Waals surface area contributed by atoms with Crippen LogP contribution in [0.3, 0.4) is 0 Å². The number of hydrogen-bond acceptors (Lipinski definition) is 5. The van der Waals surface area contributed by atoms with Gasteiger partial charge >= 0.3 is 6.09 Å². The van der Waals surface area contributed by atoms with Gasteiger partial charge in [0.05, 0.1) is 11.1 Å². The molecule has 2 heterocycles. The van der Waals surface area contributed by atoms with Crippen molar-refractivity contribution in [1.82, 2.24) is 19.7 Å². The molecule has 1 fully saturated rings. The van der Waals surface area contributed by atoms with Gasteiger partial charge in [-0.1, -0.05) is 54.6 Å². The lowest BCUT2D eigenvalue weighted by Crippen LogP contribution is -2.56. The van der Waals surface area contributed by atoms with E-state index in [0.29, 0.717) is 30.6 Å². The Hall–Kier alpha value is -4.99. The number of halogens is 1. The topological polar surface area (TPSA) is 101 Å². The molecule has 9 nitrogen and oxygen atoms in total. The number of nitrogens with one attached hydrogen (secondary N) is 1. The van der Waals surface area contributed by atoms with E-state index in [1.54, 1.807) is 52.8 Å². The van der Waals surface area contributed by atoms with Crippen LogP contribution in [0.5, 0.6) is 0 Å². The molecule has 0 saturated carbocycles. The van der Waals surface area contributed by atoms with E-state index in [0.717, 1.165) is 5.56 Å².